The molecule has 0 atom stereocenters. The molecule has 8 heteroatoms. The fourth-order valence-electron chi connectivity index (χ4n) is 3.41. The van der Waals surface area contributed by atoms with E-state index in [0.29, 0.717) is 30.0 Å². The van der Waals surface area contributed by atoms with Crippen molar-refractivity contribution in [3.05, 3.63) is 34.1 Å². The number of carbonyl (C=O) groups excluding carboxylic acids is 1. The summed E-state index contributed by atoms with van der Waals surface area (Å²) < 4.78 is 0. The topological polar surface area (TPSA) is 112 Å². The Morgan fingerprint density at radius 1 is 1.44 bits per heavy atom. The standard InChI is InChI=1S/C17H22N4O4/c1-17(2,23)10-11-5-7-20(8-6-11)16(22)15-18-13-4-3-12(21(24)25)9-14(13)19-15/h3-4,9,11,23H,5-8,10H2,1-2H3,(H,18,19). The summed E-state index contributed by atoms with van der Waals surface area (Å²) in [4.78, 5) is 31.9. The number of H-pyrrole nitrogens is 1. The maximum absolute atomic E-state index is 12.6. The van der Waals surface area contributed by atoms with Crippen LogP contribution in [-0.2, 0) is 0 Å². The number of nitrogens with one attached hydrogen (secondary N) is 1. The number of aromatic nitrogens is 2. The molecule has 1 aliphatic heterocycles. The molecule has 2 aromatic rings. The number of nitrogens with zero attached hydrogens (tertiary/aromatic N) is 3. The molecule has 3 rings (SSSR count). The molecule has 1 amide bonds. The molecule has 25 heavy (non-hydrogen) atoms. The van der Waals surface area contributed by atoms with Crippen LogP contribution >= 0.6 is 0 Å². The van der Waals surface area contributed by atoms with Crippen LogP contribution in [0.2, 0.25) is 0 Å². The highest BCUT2D eigenvalue weighted by Gasteiger charge is 2.28. The van der Waals surface area contributed by atoms with Crippen molar-refractivity contribution < 1.29 is 14.8 Å². The Morgan fingerprint density at radius 2 is 2.12 bits per heavy atom. The van der Waals surface area contributed by atoms with Gasteiger partial charge >= 0.3 is 0 Å². The third-order valence-corrected chi connectivity index (χ3v) is 4.57. The van der Waals surface area contributed by atoms with E-state index in [9.17, 15) is 20.0 Å². The number of benzene rings is 1. The van der Waals surface area contributed by atoms with Crippen LogP contribution in [0, 0.1) is 16.0 Å². The van der Waals surface area contributed by atoms with Gasteiger partial charge in [0.05, 0.1) is 21.6 Å². The van der Waals surface area contributed by atoms with Crippen molar-refractivity contribution >= 4 is 22.6 Å². The summed E-state index contributed by atoms with van der Waals surface area (Å²) >= 11 is 0. The van der Waals surface area contributed by atoms with E-state index in [1.807, 2.05) is 0 Å². The Labute approximate surface area is 145 Å². The molecule has 0 unspecified atom stereocenters. The number of hydrogen-bond donors (Lipinski definition) is 2. The number of piperidine rings is 1. The number of non-ortho nitro benzene ring substituents is 1. The second kappa shape index (κ2) is 6.44. The fourth-order valence-corrected chi connectivity index (χ4v) is 3.41. The number of fused-ring (bicyclic) bond motifs is 1. The minimum absolute atomic E-state index is 0.0505. The molecule has 1 aromatic heterocycles. The highest BCUT2D eigenvalue weighted by molar-refractivity contribution is 5.94. The number of nitro groups is 1. The fraction of sp³-hybridized carbons (Fsp3) is 0.529. The molecule has 2 heterocycles. The second-order valence-corrected chi connectivity index (χ2v) is 7.30. The van der Waals surface area contributed by atoms with Crippen LogP contribution in [-0.4, -0.2) is 49.5 Å². The van der Waals surface area contributed by atoms with E-state index in [1.165, 1.54) is 12.1 Å². The van der Waals surface area contributed by atoms with Crippen molar-refractivity contribution in [2.24, 2.45) is 5.92 Å². The van der Waals surface area contributed by atoms with Gasteiger partial charge in [-0.2, -0.15) is 0 Å². The average Bonchev–Trinajstić information content (AvgIpc) is 2.96. The predicted molar refractivity (Wildman–Crippen MR) is 92.3 cm³/mol. The number of hydrogen-bond acceptors (Lipinski definition) is 5. The maximum atomic E-state index is 12.6. The Bertz CT molecular complexity index is 801. The summed E-state index contributed by atoms with van der Waals surface area (Å²) in [5.41, 5.74) is 0.273. The van der Waals surface area contributed by atoms with E-state index in [-0.39, 0.29) is 17.4 Å². The maximum Gasteiger partial charge on any atom is 0.289 e. The van der Waals surface area contributed by atoms with Gasteiger partial charge in [-0.15, -0.1) is 0 Å². The molecule has 0 saturated carbocycles. The number of imidazole rings is 1. The summed E-state index contributed by atoms with van der Waals surface area (Å²) in [6, 6.07) is 4.31. The van der Waals surface area contributed by atoms with Gasteiger partial charge in [-0.25, -0.2) is 4.98 Å². The Kier molecular flexibility index (Phi) is 4.47. The first-order valence-electron chi connectivity index (χ1n) is 8.39. The molecule has 0 aliphatic carbocycles. The number of nitro benzene ring substituents is 1. The van der Waals surface area contributed by atoms with Crippen molar-refractivity contribution in [2.75, 3.05) is 13.1 Å². The van der Waals surface area contributed by atoms with Gasteiger partial charge in [0, 0.05) is 25.2 Å². The third-order valence-electron chi connectivity index (χ3n) is 4.57. The highest BCUT2D eigenvalue weighted by atomic mass is 16.6. The Hall–Kier alpha value is -2.48. The van der Waals surface area contributed by atoms with E-state index in [1.54, 1.807) is 24.8 Å². The van der Waals surface area contributed by atoms with Crippen LogP contribution in [0.5, 0.6) is 0 Å². The van der Waals surface area contributed by atoms with E-state index in [0.717, 1.165) is 19.3 Å². The van der Waals surface area contributed by atoms with Crippen molar-refractivity contribution in [3.63, 3.8) is 0 Å². The molecule has 8 nitrogen and oxygen atoms in total. The lowest BCUT2D eigenvalue weighted by atomic mass is 9.86. The minimum atomic E-state index is -0.690. The van der Waals surface area contributed by atoms with E-state index < -0.39 is 10.5 Å². The van der Waals surface area contributed by atoms with Crippen LogP contribution in [0.15, 0.2) is 18.2 Å². The van der Waals surface area contributed by atoms with E-state index in [2.05, 4.69) is 9.97 Å². The molecular weight excluding hydrogens is 324 g/mol. The normalized spacial score (nSPS) is 16.4. The number of rotatable bonds is 4. The minimum Gasteiger partial charge on any atom is -0.390 e. The Morgan fingerprint density at radius 3 is 2.72 bits per heavy atom. The van der Waals surface area contributed by atoms with Crippen molar-refractivity contribution in [3.8, 4) is 0 Å². The smallest absolute Gasteiger partial charge is 0.289 e. The first-order chi connectivity index (χ1) is 11.7. The zero-order valence-electron chi connectivity index (χ0n) is 14.4. The van der Waals surface area contributed by atoms with E-state index >= 15 is 0 Å². The molecule has 2 N–H and O–H groups in total. The van der Waals surface area contributed by atoms with Gasteiger partial charge in [0.2, 0.25) is 0 Å². The first-order valence-corrected chi connectivity index (χ1v) is 8.39. The molecule has 1 aliphatic rings. The second-order valence-electron chi connectivity index (χ2n) is 7.30. The van der Waals surface area contributed by atoms with Gasteiger partial charge < -0.3 is 15.0 Å². The zero-order valence-corrected chi connectivity index (χ0v) is 14.4. The van der Waals surface area contributed by atoms with Crippen LogP contribution in [0.4, 0.5) is 5.69 Å². The number of carbonyl (C=O) groups is 1. The molecular formula is C17H22N4O4. The van der Waals surface area contributed by atoms with Gasteiger partial charge in [0.1, 0.15) is 0 Å². The monoisotopic (exact) mass is 346 g/mol. The van der Waals surface area contributed by atoms with Crippen LogP contribution in [0.3, 0.4) is 0 Å². The number of likely N-dealkylation sites (tertiary alicyclic amines) is 1. The number of aromatic amines is 1. The van der Waals surface area contributed by atoms with Crippen LogP contribution < -0.4 is 0 Å². The van der Waals surface area contributed by atoms with Crippen molar-refractivity contribution in [1.82, 2.24) is 14.9 Å². The lowest BCUT2D eigenvalue weighted by Gasteiger charge is -2.34. The SMILES string of the molecule is CC(C)(O)CC1CCN(C(=O)c2nc3cc([N+](=O)[O-])ccc3[nH]2)CC1. The lowest BCUT2D eigenvalue weighted by Crippen LogP contribution is -2.40. The molecule has 0 radical (unpaired) electrons. The summed E-state index contributed by atoms with van der Waals surface area (Å²) in [5, 5.41) is 20.8. The van der Waals surface area contributed by atoms with Gasteiger partial charge in [-0.05, 0) is 45.1 Å². The molecule has 0 spiro atoms. The van der Waals surface area contributed by atoms with Crippen LogP contribution in [0.1, 0.15) is 43.7 Å². The third kappa shape index (κ3) is 3.96. The van der Waals surface area contributed by atoms with Gasteiger partial charge in [-0.3, -0.25) is 14.9 Å². The molecule has 0 bridgehead atoms. The molecule has 1 aromatic carbocycles. The van der Waals surface area contributed by atoms with Gasteiger partial charge in [0.15, 0.2) is 5.82 Å². The average molecular weight is 346 g/mol. The molecule has 1 saturated heterocycles. The predicted octanol–water partition coefficient (Wildman–Crippen LogP) is 2.48. The van der Waals surface area contributed by atoms with Crippen molar-refractivity contribution in [1.29, 1.82) is 0 Å². The first kappa shape index (κ1) is 17.3. The highest BCUT2D eigenvalue weighted by Crippen LogP contribution is 2.27. The largest absolute Gasteiger partial charge is 0.390 e. The molecule has 134 valence electrons. The zero-order chi connectivity index (χ0) is 18.2. The lowest BCUT2D eigenvalue weighted by molar-refractivity contribution is -0.384. The quantitative estimate of drug-likeness (QED) is 0.652. The summed E-state index contributed by atoms with van der Waals surface area (Å²) in [6.45, 7) is 4.85. The summed E-state index contributed by atoms with van der Waals surface area (Å²) in [6.07, 6.45) is 2.42. The number of aliphatic hydroxyl groups is 1. The Balaban J connectivity index is 1.69. The number of amides is 1. The summed E-state index contributed by atoms with van der Waals surface area (Å²) in [7, 11) is 0. The van der Waals surface area contributed by atoms with Crippen molar-refractivity contribution in [2.45, 2.75) is 38.7 Å². The van der Waals surface area contributed by atoms with E-state index in [4.69, 9.17) is 0 Å². The van der Waals surface area contributed by atoms with Crippen LogP contribution in [0.25, 0.3) is 11.0 Å². The van der Waals surface area contributed by atoms with Gasteiger partial charge in [0.25, 0.3) is 11.6 Å². The van der Waals surface area contributed by atoms with Gasteiger partial charge in [-0.1, -0.05) is 0 Å². The summed E-state index contributed by atoms with van der Waals surface area (Å²) in [5.74, 6) is 0.416. The molecule has 1 fully saturated rings.